The van der Waals surface area contributed by atoms with Gasteiger partial charge >= 0.3 is 8.16 Å². The molecular formula is C43H33NO2P2. The molecule has 0 fully saturated rings. The Morgan fingerprint density at radius 2 is 0.938 bits per heavy atom. The van der Waals surface area contributed by atoms with Gasteiger partial charge in [0.05, 0.1) is 11.0 Å². The highest BCUT2D eigenvalue weighted by Crippen LogP contribution is 2.47. The summed E-state index contributed by atoms with van der Waals surface area (Å²) in [6.07, 6.45) is 0. The molecule has 0 atom stereocenters. The first-order valence-electron chi connectivity index (χ1n) is 16.3. The molecule has 0 aliphatic heterocycles. The second-order valence-electron chi connectivity index (χ2n) is 12.4. The van der Waals surface area contributed by atoms with Crippen molar-refractivity contribution in [2.45, 2.75) is 20.8 Å². The lowest BCUT2D eigenvalue weighted by Crippen LogP contribution is -2.28. The quantitative estimate of drug-likeness (QED) is 0.176. The van der Waals surface area contributed by atoms with Crippen molar-refractivity contribution in [3.8, 4) is 0 Å². The van der Waals surface area contributed by atoms with E-state index >= 15 is 0 Å². The lowest BCUT2D eigenvalue weighted by Gasteiger charge is -2.24. The van der Waals surface area contributed by atoms with Gasteiger partial charge in [0, 0.05) is 24.1 Å². The van der Waals surface area contributed by atoms with Gasteiger partial charge in [-0.3, -0.25) is 0 Å². The molecule has 0 bridgehead atoms. The molecule has 2 heterocycles. The van der Waals surface area contributed by atoms with Crippen molar-refractivity contribution >= 4 is 86.5 Å². The van der Waals surface area contributed by atoms with Crippen molar-refractivity contribution in [1.29, 1.82) is 0 Å². The number of benzene rings is 7. The molecule has 232 valence electrons. The minimum atomic E-state index is -1.68. The Hall–Kier alpha value is -5.07. The molecule has 5 heteroatoms. The molecule has 0 unspecified atom stereocenters. The average molecular weight is 658 g/mol. The van der Waals surface area contributed by atoms with E-state index in [0.717, 1.165) is 38.2 Å². The zero-order chi connectivity index (χ0) is 32.4. The molecule has 7 aromatic carbocycles. The van der Waals surface area contributed by atoms with Crippen LogP contribution < -0.4 is 16.0 Å². The van der Waals surface area contributed by atoms with Gasteiger partial charge in [-0.05, 0) is 87.8 Å². The van der Waals surface area contributed by atoms with Crippen LogP contribution in [0.4, 0.5) is 0 Å². The lowest BCUT2D eigenvalue weighted by atomic mass is 9.99. The Balaban J connectivity index is 1.48. The molecule has 0 amide bonds. The van der Waals surface area contributed by atoms with E-state index in [0.29, 0.717) is 0 Å². The third-order valence-corrected chi connectivity index (χ3v) is 14.1. The van der Waals surface area contributed by atoms with Crippen LogP contribution in [0.15, 0.2) is 154 Å². The van der Waals surface area contributed by atoms with Crippen molar-refractivity contribution in [1.82, 2.24) is 4.34 Å². The molecule has 48 heavy (non-hydrogen) atoms. The first-order valence-corrected chi connectivity index (χ1v) is 18.8. The zero-order valence-corrected chi connectivity index (χ0v) is 28.8. The molecule has 9 rings (SSSR count). The first kappa shape index (κ1) is 29.1. The highest BCUT2D eigenvalue weighted by Gasteiger charge is 2.30. The molecule has 0 N–H and O–H groups in total. The van der Waals surface area contributed by atoms with E-state index in [4.69, 9.17) is 8.39 Å². The number of hydrogen-bond acceptors (Lipinski definition) is 2. The minimum Gasteiger partial charge on any atom is -0.403 e. The standard InChI is InChI=1S/C43H33NO2P2/c1-28-14-4-12-22-39(28)47(40-23-13-5-15-29(40)2)43-30(3)33-18-10-11-21-36(33)44(43)48-45-37-26-24-31-16-6-8-19-34(31)41(37)42-35-20-9-7-17-32(35)25-27-38(42)46-48/h4-27H,1-3H3. The van der Waals surface area contributed by atoms with Crippen LogP contribution in [0, 0.1) is 20.8 Å². The molecule has 0 spiro atoms. The summed E-state index contributed by atoms with van der Waals surface area (Å²) >= 11 is 0. The van der Waals surface area contributed by atoms with Gasteiger partial charge in [-0.25, -0.2) is 4.34 Å². The van der Waals surface area contributed by atoms with Crippen LogP contribution in [0.25, 0.3) is 54.4 Å². The highest BCUT2D eigenvalue weighted by molar-refractivity contribution is 7.80. The van der Waals surface area contributed by atoms with E-state index in [1.165, 1.54) is 48.9 Å². The number of nitrogens with zero attached hydrogens (tertiary/aromatic N) is 1. The third kappa shape index (κ3) is 4.54. The molecule has 3 nitrogen and oxygen atoms in total. The summed E-state index contributed by atoms with van der Waals surface area (Å²) in [5, 5.41) is 10.7. The van der Waals surface area contributed by atoms with Crippen LogP contribution in [-0.4, -0.2) is 4.34 Å². The number of rotatable bonds is 4. The molecular weight excluding hydrogens is 624 g/mol. The van der Waals surface area contributed by atoms with Crippen molar-refractivity contribution in [3.63, 3.8) is 0 Å². The number of para-hydroxylation sites is 1. The maximum atomic E-state index is 7.24. The molecule has 0 radical (unpaired) electrons. The molecule has 0 aliphatic carbocycles. The largest absolute Gasteiger partial charge is 0.403 e. The number of hydrogen-bond donors (Lipinski definition) is 0. The van der Waals surface area contributed by atoms with Gasteiger partial charge in [-0.1, -0.05) is 127 Å². The smallest absolute Gasteiger partial charge is 0.346 e. The summed E-state index contributed by atoms with van der Waals surface area (Å²) in [6.45, 7) is 6.74. The number of aromatic nitrogens is 1. The Morgan fingerprint density at radius 3 is 1.48 bits per heavy atom. The van der Waals surface area contributed by atoms with Crippen molar-refractivity contribution in [2.75, 3.05) is 0 Å². The van der Waals surface area contributed by atoms with Gasteiger partial charge in [-0.15, -0.1) is 0 Å². The van der Waals surface area contributed by atoms with E-state index < -0.39 is 16.1 Å². The molecule has 9 aromatic rings. The molecule has 2 aromatic heterocycles. The summed E-state index contributed by atoms with van der Waals surface area (Å²) < 4.78 is 16.9. The van der Waals surface area contributed by atoms with Crippen molar-refractivity contribution < 1.29 is 8.39 Å². The van der Waals surface area contributed by atoms with Crippen LogP contribution in [0.2, 0.25) is 0 Å². The van der Waals surface area contributed by atoms with Crippen molar-refractivity contribution in [3.05, 3.63) is 162 Å². The predicted molar refractivity (Wildman–Crippen MR) is 207 cm³/mol. The van der Waals surface area contributed by atoms with E-state index in [2.05, 4.69) is 171 Å². The maximum Gasteiger partial charge on any atom is 0.346 e. The second-order valence-corrected chi connectivity index (χ2v) is 15.7. The van der Waals surface area contributed by atoms with Gasteiger partial charge in [0.1, 0.15) is 11.2 Å². The molecule has 0 saturated heterocycles. The van der Waals surface area contributed by atoms with E-state index in [9.17, 15) is 0 Å². The van der Waals surface area contributed by atoms with E-state index in [-0.39, 0.29) is 0 Å². The molecule has 0 aliphatic rings. The summed E-state index contributed by atoms with van der Waals surface area (Å²) in [4.78, 5) is 0. The third-order valence-electron chi connectivity index (χ3n) is 9.54. The fourth-order valence-electron chi connectivity index (χ4n) is 7.22. The van der Waals surface area contributed by atoms with Crippen LogP contribution >= 0.6 is 16.1 Å². The number of aryl methyl sites for hydroxylation is 3. The minimum absolute atomic E-state index is 0.840. The Kier molecular flexibility index (Phi) is 7.01. The highest BCUT2D eigenvalue weighted by atomic mass is 31.1. The summed E-state index contributed by atoms with van der Waals surface area (Å²) in [5.41, 5.74) is 7.89. The molecule has 0 saturated carbocycles. The summed E-state index contributed by atoms with van der Waals surface area (Å²) in [5.74, 6) is 0. The van der Waals surface area contributed by atoms with Crippen LogP contribution in [0.3, 0.4) is 0 Å². The normalized spacial score (nSPS) is 11.8. The van der Waals surface area contributed by atoms with E-state index in [1.807, 2.05) is 0 Å². The Morgan fingerprint density at radius 1 is 0.479 bits per heavy atom. The SMILES string of the molecule is Cc1ccccc1P(c1ccccc1C)c1c(C)c2ccccc2n1-p1oc2ccc3ccccc3c2c2c(ccc3ccccc32)o1. The monoisotopic (exact) mass is 657 g/mol. The van der Waals surface area contributed by atoms with E-state index in [1.54, 1.807) is 0 Å². The lowest BCUT2D eigenvalue weighted by molar-refractivity contribution is 0.632. The number of fused-ring (bicyclic) bond motifs is 8. The maximum absolute atomic E-state index is 7.24. The second kappa shape index (κ2) is 11.6. The van der Waals surface area contributed by atoms with Crippen LogP contribution in [-0.2, 0) is 0 Å². The summed E-state index contributed by atoms with van der Waals surface area (Å²) in [6, 6.07) is 52.2. The first-order chi connectivity index (χ1) is 23.6. The Bertz CT molecular complexity index is 2600. The fourth-order valence-corrected chi connectivity index (χ4v) is 12.0. The summed E-state index contributed by atoms with van der Waals surface area (Å²) in [7, 11) is -2.66. The topological polar surface area (TPSA) is 31.2 Å². The zero-order valence-electron chi connectivity index (χ0n) is 27.0. The predicted octanol–water partition coefficient (Wildman–Crippen LogP) is 11.5. The average Bonchev–Trinajstić information content (AvgIpc) is 3.29. The van der Waals surface area contributed by atoms with Crippen LogP contribution in [0.1, 0.15) is 16.7 Å². The van der Waals surface area contributed by atoms with Crippen LogP contribution in [0.5, 0.6) is 0 Å². The van der Waals surface area contributed by atoms with Gasteiger partial charge in [-0.2, -0.15) is 0 Å². The van der Waals surface area contributed by atoms with Gasteiger partial charge in [0.2, 0.25) is 0 Å². The Labute approximate surface area is 281 Å². The van der Waals surface area contributed by atoms with Gasteiger partial charge < -0.3 is 8.39 Å². The van der Waals surface area contributed by atoms with Gasteiger partial charge in [0.25, 0.3) is 0 Å². The van der Waals surface area contributed by atoms with Gasteiger partial charge in [0.15, 0.2) is 0 Å². The fraction of sp³-hybridized carbons (Fsp3) is 0.0698. The van der Waals surface area contributed by atoms with Crippen molar-refractivity contribution in [2.24, 2.45) is 0 Å².